The monoisotopic (exact) mass is 438 g/mol. The van der Waals surface area contributed by atoms with Gasteiger partial charge < -0.3 is 19.4 Å². The molecule has 33 heavy (non-hydrogen) atoms. The fourth-order valence-electron chi connectivity index (χ4n) is 4.27. The van der Waals surface area contributed by atoms with Gasteiger partial charge in [0, 0.05) is 29.9 Å². The lowest BCUT2D eigenvalue weighted by atomic mass is 9.99. The van der Waals surface area contributed by atoms with E-state index in [1.165, 1.54) is 4.57 Å². The Morgan fingerprint density at radius 1 is 0.970 bits per heavy atom. The molecule has 0 saturated heterocycles. The molecule has 0 bridgehead atoms. The third kappa shape index (κ3) is 3.65. The largest absolute Gasteiger partial charge is 0.506 e. The Hall–Kier alpha value is -4.32. The minimum Gasteiger partial charge on any atom is -0.506 e. The number of hydrogen-bond acceptors (Lipinski definition) is 5. The number of pyridine rings is 1. The highest BCUT2D eigenvalue weighted by Gasteiger charge is 2.26. The van der Waals surface area contributed by atoms with Gasteiger partial charge in [-0.2, -0.15) is 0 Å². The quantitative estimate of drug-likeness (QED) is 0.346. The molecule has 1 unspecified atom stereocenters. The molecule has 0 fully saturated rings. The number of benzene rings is 3. The lowest BCUT2D eigenvalue weighted by Gasteiger charge is -2.19. The summed E-state index contributed by atoms with van der Waals surface area (Å²) in [4.78, 5) is 26.4. The first-order valence-electron chi connectivity index (χ1n) is 10.7. The summed E-state index contributed by atoms with van der Waals surface area (Å²) >= 11 is 0. The van der Waals surface area contributed by atoms with Crippen LogP contribution in [0.3, 0.4) is 0 Å². The van der Waals surface area contributed by atoms with Crippen LogP contribution in [0.4, 0.5) is 5.69 Å². The second-order valence-electron chi connectivity index (χ2n) is 7.97. The zero-order valence-electron chi connectivity index (χ0n) is 18.0. The zero-order valence-corrected chi connectivity index (χ0v) is 18.0. The van der Waals surface area contributed by atoms with E-state index in [0.717, 1.165) is 16.5 Å². The standard InChI is InChI=1S/C27H22N2O4/c1-29-22-13-5-4-11-19(22)26(31)25(27(29)32)23(30)16-21(24-14-7-15-33-24)28-20-12-6-9-17-8-2-3-10-18(17)20/h2-15,21,28,31H,16H2,1H3. The molecule has 2 heterocycles. The Morgan fingerprint density at radius 2 is 1.70 bits per heavy atom. The van der Waals surface area contributed by atoms with Crippen LogP contribution in [-0.2, 0) is 7.05 Å². The van der Waals surface area contributed by atoms with Gasteiger partial charge in [0.15, 0.2) is 5.78 Å². The summed E-state index contributed by atoms with van der Waals surface area (Å²) in [5.41, 5.74) is 0.665. The third-order valence-electron chi connectivity index (χ3n) is 5.95. The predicted molar refractivity (Wildman–Crippen MR) is 129 cm³/mol. The number of aromatic nitrogens is 1. The topological polar surface area (TPSA) is 84.5 Å². The third-order valence-corrected chi connectivity index (χ3v) is 5.95. The predicted octanol–water partition coefficient (Wildman–Crippen LogP) is 5.42. The van der Waals surface area contributed by atoms with Crippen molar-refractivity contribution in [2.75, 3.05) is 5.32 Å². The van der Waals surface area contributed by atoms with Crippen molar-refractivity contribution in [2.45, 2.75) is 12.5 Å². The van der Waals surface area contributed by atoms with Gasteiger partial charge in [-0.3, -0.25) is 9.59 Å². The van der Waals surface area contributed by atoms with Gasteiger partial charge in [-0.25, -0.2) is 0 Å². The van der Waals surface area contributed by atoms with Gasteiger partial charge >= 0.3 is 0 Å². The highest BCUT2D eigenvalue weighted by molar-refractivity contribution is 6.04. The van der Waals surface area contributed by atoms with E-state index in [4.69, 9.17) is 4.42 Å². The fraction of sp³-hybridized carbons (Fsp3) is 0.111. The molecule has 164 valence electrons. The summed E-state index contributed by atoms with van der Waals surface area (Å²) in [6.45, 7) is 0. The average molecular weight is 438 g/mol. The van der Waals surface area contributed by atoms with Crippen LogP contribution in [0, 0.1) is 0 Å². The molecule has 0 amide bonds. The van der Waals surface area contributed by atoms with E-state index in [1.54, 1.807) is 49.7 Å². The first-order valence-corrected chi connectivity index (χ1v) is 10.7. The van der Waals surface area contributed by atoms with Gasteiger partial charge in [-0.1, -0.05) is 48.5 Å². The lowest BCUT2D eigenvalue weighted by Crippen LogP contribution is -2.26. The van der Waals surface area contributed by atoms with E-state index >= 15 is 0 Å². The fourth-order valence-corrected chi connectivity index (χ4v) is 4.27. The Morgan fingerprint density at radius 3 is 2.48 bits per heavy atom. The van der Waals surface area contributed by atoms with Gasteiger partial charge in [-0.15, -0.1) is 0 Å². The van der Waals surface area contributed by atoms with Crippen LogP contribution in [-0.4, -0.2) is 15.5 Å². The molecule has 3 aromatic carbocycles. The maximum Gasteiger partial charge on any atom is 0.265 e. The molecule has 6 heteroatoms. The number of carbonyl (C=O) groups is 1. The van der Waals surface area contributed by atoms with Crippen LogP contribution in [0.1, 0.15) is 28.6 Å². The van der Waals surface area contributed by atoms with Crippen LogP contribution in [0.25, 0.3) is 21.7 Å². The Labute approximate surface area is 189 Å². The summed E-state index contributed by atoms with van der Waals surface area (Å²) in [7, 11) is 1.60. The number of anilines is 1. The minimum atomic E-state index is -0.533. The number of Topliss-reactive ketones (excluding diaryl/α,β-unsaturated/α-hetero) is 1. The van der Waals surface area contributed by atoms with Crippen LogP contribution >= 0.6 is 0 Å². The summed E-state index contributed by atoms with van der Waals surface area (Å²) in [5.74, 6) is -0.191. The Bertz CT molecular complexity index is 1530. The zero-order chi connectivity index (χ0) is 22.9. The number of rotatable bonds is 6. The first kappa shape index (κ1) is 20.6. The van der Waals surface area contributed by atoms with Crippen molar-refractivity contribution in [1.82, 2.24) is 4.57 Å². The summed E-state index contributed by atoms with van der Waals surface area (Å²) in [6, 6.07) is 23.8. The highest BCUT2D eigenvalue weighted by atomic mass is 16.3. The van der Waals surface area contributed by atoms with Gasteiger partial charge in [0.05, 0.1) is 17.8 Å². The normalized spacial score (nSPS) is 12.2. The van der Waals surface area contributed by atoms with Crippen LogP contribution in [0.2, 0.25) is 0 Å². The SMILES string of the molecule is Cn1c(=O)c(C(=O)CC(Nc2cccc3ccccc23)c2ccco2)c(O)c2ccccc21. The van der Waals surface area contributed by atoms with E-state index in [0.29, 0.717) is 16.7 Å². The summed E-state index contributed by atoms with van der Waals surface area (Å²) in [6.07, 6.45) is 1.47. The van der Waals surface area contributed by atoms with E-state index in [1.807, 2.05) is 42.5 Å². The number of aryl methyl sites for hydroxylation is 1. The number of furan rings is 1. The van der Waals surface area contributed by atoms with Gasteiger partial charge in [0.25, 0.3) is 5.56 Å². The molecule has 2 N–H and O–H groups in total. The second kappa shape index (κ2) is 8.31. The summed E-state index contributed by atoms with van der Waals surface area (Å²) < 4.78 is 7.00. The first-order chi connectivity index (χ1) is 16.0. The smallest absolute Gasteiger partial charge is 0.265 e. The van der Waals surface area contributed by atoms with Gasteiger partial charge in [0.1, 0.15) is 17.1 Å². The maximum absolute atomic E-state index is 13.4. The molecule has 5 aromatic rings. The van der Waals surface area contributed by atoms with E-state index in [2.05, 4.69) is 5.32 Å². The number of para-hydroxylation sites is 1. The molecule has 5 rings (SSSR count). The number of aromatic hydroxyl groups is 1. The maximum atomic E-state index is 13.4. The molecule has 2 aromatic heterocycles. The molecular formula is C27H22N2O4. The van der Waals surface area contributed by atoms with Crippen molar-refractivity contribution in [3.05, 3.63) is 107 Å². The number of nitrogens with one attached hydrogen (secondary N) is 1. The van der Waals surface area contributed by atoms with Crippen molar-refractivity contribution in [1.29, 1.82) is 0 Å². The summed E-state index contributed by atoms with van der Waals surface area (Å²) in [5, 5.41) is 16.8. The van der Waals surface area contributed by atoms with E-state index in [9.17, 15) is 14.7 Å². The Kier molecular flexibility index (Phi) is 5.18. The van der Waals surface area contributed by atoms with Crippen LogP contribution in [0.15, 0.2) is 94.3 Å². The molecular weight excluding hydrogens is 416 g/mol. The Balaban J connectivity index is 1.55. The van der Waals surface area contributed by atoms with Crippen LogP contribution in [0.5, 0.6) is 5.75 Å². The van der Waals surface area contributed by atoms with Crippen molar-refractivity contribution >= 4 is 33.1 Å². The minimum absolute atomic E-state index is 0.0716. The number of hydrogen-bond donors (Lipinski definition) is 2. The lowest BCUT2D eigenvalue weighted by molar-refractivity contribution is 0.0969. The molecule has 0 spiro atoms. The van der Waals surface area contributed by atoms with Gasteiger partial charge in [-0.05, 0) is 35.7 Å². The second-order valence-corrected chi connectivity index (χ2v) is 7.97. The highest BCUT2D eigenvalue weighted by Crippen LogP contribution is 2.32. The molecule has 1 atom stereocenters. The van der Waals surface area contributed by atoms with Gasteiger partial charge in [0.2, 0.25) is 0 Å². The van der Waals surface area contributed by atoms with Crippen molar-refractivity contribution in [3.8, 4) is 5.75 Å². The van der Waals surface area contributed by atoms with E-state index in [-0.39, 0.29) is 17.7 Å². The van der Waals surface area contributed by atoms with Crippen LogP contribution < -0.4 is 10.9 Å². The molecule has 6 nitrogen and oxygen atoms in total. The van der Waals surface area contributed by atoms with E-state index < -0.39 is 17.4 Å². The van der Waals surface area contributed by atoms with Crippen molar-refractivity contribution in [3.63, 3.8) is 0 Å². The molecule has 0 aliphatic rings. The number of carbonyl (C=O) groups excluding carboxylic acids is 1. The van der Waals surface area contributed by atoms with Crippen molar-refractivity contribution in [2.24, 2.45) is 7.05 Å². The average Bonchev–Trinajstić information content (AvgIpc) is 3.38. The number of nitrogens with zero attached hydrogens (tertiary/aromatic N) is 1. The molecule has 0 aliphatic heterocycles. The molecule has 0 saturated carbocycles. The number of ketones is 1. The number of fused-ring (bicyclic) bond motifs is 2. The molecule has 0 aliphatic carbocycles. The van der Waals surface area contributed by atoms with Crippen molar-refractivity contribution < 1.29 is 14.3 Å². The molecule has 0 radical (unpaired) electrons.